The molecule has 0 radical (unpaired) electrons. The second kappa shape index (κ2) is 5.03. The molecule has 1 rings (SSSR count). The van der Waals surface area contributed by atoms with Gasteiger partial charge in [-0.1, -0.05) is 0 Å². The van der Waals surface area contributed by atoms with E-state index in [1.54, 1.807) is 12.1 Å². The van der Waals surface area contributed by atoms with Crippen LogP contribution in [0.1, 0.15) is 23.7 Å². The van der Waals surface area contributed by atoms with Gasteiger partial charge < -0.3 is 4.74 Å². The standard InChI is InChI=1S/C11H11NO2/c1-3-4-7-14-11-6-5-10(8-12-11)9(2)13/h1,5-6,8H,4,7H2,2H3. The summed E-state index contributed by atoms with van der Waals surface area (Å²) in [6.45, 7) is 1.94. The van der Waals surface area contributed by atoms with Gasteiger partial charge in [-0.2, -0.15) is 0 Å². The van der Waals surface area contributed by atoms with E-state index in [0.29, 0.717) is 24.5 Å². The van der Waals surface area contributed by atoms with Crippen LogP contribution in [0.4, 0.5) is 0 Å². The molecule has 14 heavy (non-hydrogen) atoms. The first-order valence-corrected chi connectivity index (χ1v) is 4.27. The van der Waals surface area contributed by atoms with E-state index >= 15 is 0 Å². The van der Waals surface area contributed by atoms with Crippen molar-refractivity contribution in [1.29, 1.82) is 0 Å². The van der Waals surface area contributed by atoms with Crippen molar-refractivity contribution in [1.82, 2.24) is 4.98 Å². The van der Waals surface area contributed by atoms with Gasteiger partial charge in [0.05, 0.1) is 0 Å². The van der Waals surface area contributed by atoms with Crippen molar-refractivity contribution in [2.24, 2.45) is 0 Å². The summed E-state index contributed by atoms with van der Waals surface area (Å²) in [4.78, 5) is 14.9. The molecule has 0 saturated carbocycles. The van der Waals surface area contributed by atoms with Gasteiger partial charge in [-0.05, 0) is 13.0 Å². The minimum absolute atomic E-state index is 0.00678. The van der Waals surface area contributed by atoms with E-state index in [0.717, 1.165) is 0 Å². The molecule has 0 fully saturated rings. The third-order valence-electron chi connectivity index (χ3n) is 1.64. The zero-order valence-electron chi connectivity index (χ0n) is 7.99. The van der Waals surface area contributed by atoms with Crippen molar-refractivity contribution < 1.29 is 9.53 Å². The lowest BCUT2D eigenvalue weighted by atomic mass is 10.2. The topological polar surface area (TPSA) is 39.2 Å². The SMILES string of the molecule is C#CCCOc1ccc(C(C)=O)cn1. The molecule has 0 spiro atoms. The maximum Gasteiger partial charge on any atom is 0.213 e. The molecule has 0 aliphatic rings. The fourth-order valence-corrected chi connectivity index (χ4v) is 0.888. The summed E-state index contributed by atoms with van der Waals surface area (Å²) < 4.78 is 5.22. The quantitative estimate of drug-likeness (QED) is 0.411. The van der Waals surface area contributed by atoms with Crippen molar-refractivity contribution in [3.05, 3.63) is 23.9 Å². The number of nitrogens with zero attached hydrogens (tertiary/aromatic N) is 1. The first-order chi connectivity index (χ1) is 6.74. The molecule has 0 aliphatic heterocycles. The number of ether oxygens (including phenoxy) is 1. The smallest absolute Gasteiger partial charge is 0.213 e. The third kappa shape index (κ3) is 2.91. The van der Waals surface area contributed by atoms with Crippen LogP contribution in [0.2, 0.25) is 0 Å². The average Bonchev–Trinajstić information content (AvgIpc) is 2.19. The number of Topliss-reactive ketones (excluding diaryl/α,β-unsaturated/α-hetero) is 1. The lowest BCUT2D eigenvalue weighted by Gasteiger charge is -2.02. The minimum atomic E-state index is -0.00678. The molecule has 72 valence electrons. The van der Waals surface area contributed by atoms with E-state index in [1.807, 2.05) is 0 Å². The Hall–Kier alpha value is -1.82. The number of pyridine rings is 1. The number of hydrogen-bond acceptors (Lipinski definition) is 3. The lowest BCUT2D eigenvalue weighted by Crippen LogP contribution is -1.99. The predicted molar refractivity (Wildman–Crippen MR) is 53.2 cm³/mol. The molecule has 1 aromatic rings. The van der Waals surface area contributed by atoms with E-state index in [2.05, 4.69) is 10.9 Å². The van der Waals surface area contributed by atoms with Gasteiger partial charge >= 0.3 is 0 Å². The Morgan fingerprint density at radius 1 is 1.64 bits per heavy atom. The minimum Gasteiger partial charge on any atom is -0.477 e. The predicted octanol–water partition coefficient (Wildman–Crippen LogP) is 1.69. The maximum atomic E-state index is 10.9. The van der Waals surface area contributed by atoms with Crippen LogP contribution in [0.3, 0.4) is 0 Å². The van der Waals surface area contributed by atoms with Crippen molar-refractivity contribution in [2.45, 2.75) is 13.3 Å². The van der Waals surface area contributed by atoms with Crippen molar-refractivity contribution >= 4 is 5.78 Å². The Morgan fingerprint density at radius 3 is 2.93 bits per heavy atom. The van der Waals surface area contributed by atoms with Crippen molar-refractivity contribution in [3.8, 4) is 18.2 Å². The molecule has 0 bridgehead atoms. The first kappa shape index (κ1) is 10.3. The van der Waals surface area contributed by atoms with Crippen LogP contribution in [0.5, 0.6) is 5.88 Å². The molecule has 0 atom stereocenters. The van der Waals surface area contributed by atoms with Crippen LogP contribution in [-0.2, 0) is 0 Å². The van der Waals surface area contributed by atoms with Gasteiger partial charge in [0.1, 0.15) is 6.61 Å². The molecule has 0 unspecified atom stereocenters. The highest BCUT2D eigenvalue weighted by molar-refractivity contribution is 5.93. The molecule has 0 saturated heterocycles. The number of rotatable bonds is 4. The Labute approximate surface area is 83.1 Å². The number of carbonyl (C=O) groups is 1. The van der Waals surface area contributed by atoms with Crippen molar-refractivity contribution in [2.75, 3.05) is 6.61 Å². The van der Waals surface area contributed by atoms with Crippen LogP contribution in [0.25, 0.3) is 0 Å². The van der Waals surface area contributed by atoms with E-state index in [-0.39, 0.29) is 5.78 Å². The molecule has 1 heterocycles. The van der Waals surface area contributed by atoms with E-state index in [4.69, 9.17) is 11.2 Å². The number of carbonyl (C=O) groups excluding carboxylic acids is 1. The van der Waals surface area contributed by atoms with Gasteiger partial charge in [-0.3, -0.25) is 4.79 Å². The highest BCUT2D eigenvalue weighted by Crippen LogP contribution is 2.07. The summed E-state index contributed by atoms with van der Waals surface area (Å²) in [5.74, 6) is 2.94. The van der Waals surface area contributed by atoms with Crippen LogP contribution < -0.4 is 4.74 Å². The Kier molecular flexibility index (Phi) is 3.69. The average molecular weight is 189 g/mol. The molecular formula is C11H11NO2. The van der Waals surface area contributed by atoms with Crippen LogP contribution in [0, 0.1) is 12.3 Å². The van der Waals surface area contributed by atoms with Gasteiger partial charge in [0, 0.05) is 24.2 Å². The van der Waals surface area contributed by atoms with Crippen molar-refractivity contribution in [3.63, 3.8) is 0 Å². The van der Waals surface area contributed by atoms with Gasteiger partial charge in [0.25, 0.3) is 0 Å². The lowest BCUT2D eigenvalue weighted by molar-refractivity contribution is 0.101. The van der Waals surface area contributed by atoms with Gasteiger partial charge in [-0.25, -0.2) is 4.98 Å². The summed E-state index contributed by atoms with van der Waals surface area (Å²) in [6.07, 6.45) is 7.11. The highest BCUT2D eigenvalue weighted by Gasteiger charge is 1.99. The Balaban J connectivity index is 2.56. The molecule has 0 aromatic carbocycles. The summed E-state index contributed by atoms with van der Waals surface area (Å²) in [5, 5.41) is 0. The molecule has 3 heteroatoms. The largest absolute Gasteiger partial charge is 0.477 e. The number of aromatic nitrogens is 1. The molecule has 0 N–H and O–H groups in total. The fourth-order valence-electron chi connectivity index (χ4n) is 0.888. The Bertz CT molecular complexity index is 349. The molecule has 3 nitrogen and oxygen atoms in total. The van der Waals surface area contributed by atoms with E-state index < -0.39 is 0 Å². The third-order valence-corrected chi connectivity index (χ3v) is 1.64. The normalized spacial score (nSPS) is 9.14. The second-order valence-electron chi connectivity index (χ2n) is 2.74. The number of ketones is 1. The maximum absolute atomic E-state index is 10.9. The summed E-state index contributed by atoms with van der Waals surface area (Å²) in [5.41, 5.74) is 0.578. The molecule has 0 aliphatic carbocycles. The second-order valence-corrected chi connectivity index (χ2v) is 2.74. The molecule has 0 amide bonds. The zero-order valence-corrected chi connectivity index (χ0v) is 7.99. The van der Waals surface area contributed by atoms with Crippen LogP contribution >= 0.6 is 0 Å². The summed E-state index contributed by atoms with van der Waals surface area (Å²) in [7, 11) is 0. The summed E-state index contributed by atoms with van der Waals surface area (Å²) >= 11 is 0. The fraction of sp³-hybridized carbons (Fsp3) is 0.273. The van der Waals surface area contributed by atoms with E-state index in [9.17, 15) is 4.79 Å². The van der Waals surface area contributed by atoms with Gasteiger partial charge in [0.2, 0.25) is 5.88 Å². The van der Waals surface area contributed by atoms with E-state index in [1.165, 1.54) is 13.1 Å². The van der Waals surface area contributed by atoms with Gasteiger partial charge in [-0.15, -0.1) is 12.3 Å². The van der Waals surface area contributed by atoms with Crippen LogP contribution in [-0.4, -0.2) is 17.4 Å². The first-order valence-electron chi connectivity index (χ1n) is 4.27. The zero-order chi connectivity index (χ0) is 10.4. The summed E-state index contributed by atoms with van der Waals surface area (Å²) in [6, 6.07) is 3.34. The molecule has 1 aromatic heterocycles. The number of terminal acetylenes is 1. The Morgan fingerprint density at radius 2 is 2.43 bits per heavy atom. The van der Waals surface area contributed by atoms with Crippen LogP contribution in [0.15, 0.2) is 18.3 Å². The molecular weight excluding hydrogens is 178 g/mol. The highest BCUT2D eigenvalue weighted by atomic mass is 16.5. The number of hydrogen-bond donors (Lipinski definition) is 0. The van der Waals surface area contributed by atoms with Gasteiger partial charge in [0.15, 0.2) is 5.78 Å². The monoisotopic (exact) mass is 189 g/mol.